The molecule has 84 valence electrons. The van der Waals surface area contributed by atoms with Crippen LogP contribution in [0.1, 0.15) is 33.1 Å². The zero-order chi connectivity index (χ0) is 10.8. The first kappa shape index (κ1) is 11.9. The molecule has 1 aliphatic rings. The van der Waals surface area contributed by atoms with Crippen LogP contribution in [0.3, 0.4) is 0 Å². The van der Waals surface area contributed by atoms with E-state index in [4.69, 9.17) is 5.73 Å². The van der Waals surface area contributed by atoms with Gasteiger partial charge in [-0.25, -0.2) is 13.1 Å². The molecule has 0 radical (unpaired) electrons. The third-order valence-corrected chi connectivity index (χ3v) is 4.17. The molecule has 5 heteroatoms. The van der Waals surface area contributed by atoms with Gasteiger partial charge in [0.2, 0.25) is 10.0 Å². The third-order valence-electron chi connectivity index (χ3n) is 2.70. The Kier molecular flexibility index (Phi) is 3.55. The maximum atomic E-state index is 11.4. The largest absolute Gasteiger partial charge is 0.329 e. The fraction of sp³-hybridized carbons (Fsp3) is 1.00. The lowest BCUT2D eigenvalue weighted by molar-refractivity contribution is 0.372. The average molecular weight is 220 g/mol. The van der Waals surface area contributed by atoms with Crippen LogP contribution in [0.15, 0.2) is 0 Å². The van der Waals surface area contributed by atoms with Gasteiger partial charge in [-0.15, -0.1) is 0 Å². The number of nitrogens with two attached hydrogens (primary N) is 1. The fourth-order valence-corrected chi connectivity index (χ4v) is 3.14. The second-order valence-electron chi connectivity index (χ2n) is 4.83. The quantitative estimate of drug-likeness (QED) is 0.722. The van der Waals surface area contributed by atoms with Crippen LogP contribution >= 0.6 is 0 Å². The highest BCUT2D eigenvalue weighted by molar-refractivity contribution is 7.89. The van der Waals surface area contributed by atoms with Crippen LogP contribution in [0.5, 0.6) is 0 Å². The van der Waals surface area contributed by atoms with Crippen molar-refractivity contribution < 1.29 is 8.42 Å². The summed E-state index contributed by atoms with van der Waals surface area (Å²) in [5.41, 5.74) is 5.50. The Bertz CT molecular complexity index is 285. The molecule has 0 heterocycles. The molecule has 0 spiro atoms. The highest BCUT2D eigenvalue weighted by Gasteiger charge is 2.32. The van der Waals surface area contributed by atoms with E-state index in [1.165, 1.54) is 0 Å². The average Bonchev–Trinajstić information content (AvgIpc) is 2.28. The highest BCUT2D eigenvalue weighted by Crippen LogP contribution is 2.37. The summed E-state index contributed by atoms with van der Waals surface area (Å²) in [6.07, 6.45) is 2.95. The minimum absolute atomic E-state index is 0.0317. The van der Waals surface area contributed by atoms with Crippen LogP contribution in [-0.4, -0.2) is 26.8 Å². The molecule has 0 saturated heterocycles. The van der Waals surface area contributed by atoms with Crippen LogP contribution in [0, 0.1) is 5.41 Å². The number of rotatable bonds is 4. The van der Waals surface area contributed by atoms with Gasteiger partial charge in [0, 0.05) is 12.6 Å². The van der Waals surface area contributed by atoms with Crippen molar-refractivity contribution in [3.8, 4) is 0 Å². The summed E-state index contributed by atoms with van der Waals surface area (Å²) >= 11 is 0. The molecule has 1 atom stereocenters. The van der Waals surface area contributed by atoms with Gasteiger partial charge in [0.25, 0.3) is 0 Å². The topological polar surface area (TPSA) is 72.2 Å². The van der Waals surface area contributed by atoms with Crippen molar-refractivity contribution in [2.24, 2.45) is 11.1 Å². The van der Waals surface area contributed by atoms with Gasteiger partial charge in [0.05, 0.1) is 5.75 Å². The normalized spacial score (nSPS) is 26.6. The summed E-state index contributed by atoms with van der Waals surface area (Å²) in [6, 6.07) is 0.113. The number of nitrogens with one attached hydrogen (secondary N) is 1. The van der Waals surface area contributed by atoms with Crippen LogP contribution in [0.4, 0.5) is 0 Å². The Balaban J connectivity index is 2.47. The van der Waals surface area contributed by atoms with Gasteiger partial charge in [-0.1, -0.05) is 13.8 Å². The van der Waals surface area contributed by atoms with E-state index in [1.54, 1.807) is 0 Å². The van der Waals surface area contributed by atoms with E-state index in [0.29, 0.717) is 0 Å². The molecule has 0 aromatic carbocycles. The van der Waals surface area contributed by atoms with Gasteiger partial charge in [0.15, 0.2) is 0 Å². The van der Waals surface area contributed by atoms with E-state index in [9.17, 15) is 8.42 Å². The Morgan fingerprint density at radius 3 is 2.57 bits per heavy atom. The lowest BCUT2D eigenvalue weighted by Crippen LogP contribution is -2.37. The zero-order valence-electron chi connectivity index (χ0n) is 8.91. The minimum atomic E-state index is -3.14. The predicted molar refractivity (Wildman–Crippen MR) is 57.4 cm³/mol. The van der Waals surface area contributed by atoms with Crippen LogP contribution in [0.25, 0.3) is 0 Å². The molecular formula is C9H20N2O2S. The van der Waals surface area contributed by atoms with Crippen molar-refractivity contribution in [2.75, 3.05) is 12.3 Å². The second kappa shape index (κ2) is 4.16. The van der Waals surface area contributed by atoms with Crippen molar-refractivity contribution in [1.29, 1.82) is 0 Å². The highest BCUT2D eigenvalue weighted by atomic mass is 32.2. The Morgan fingerprint density at radius 1 is 1.50 bits per heavy atom. The first-order valence-corrected chi connectivity index (χ1v) is 6.70. The van der Waals surface area contributed by atoms with Gasteiger partial charge < -0.3 is 5.73 Å². The van der Waals surface area contributed by atoms with E-state index in [2.05, 4.69) is 18.6 Å². The molecule has 1 saturated carbocycles. The molecule has 1 fully saturated rings. The SMILES string of the molecule is CC1(C)CCC(NS(=O)(=O)CCN)C1. The monoisotopic (exact) mass is 220 g/mol. The van der Waals surface area contributed by atoms with Crippen molar-refractivity contribution >= 4 is 10.0 Å². The predicted octanol–water partition coefficient (Wildman–Crippen LogP) is 0.443. The van der Waals surface area contributed by atoms with E-state index >= 15 is 0 Å². The summed E-state index contributed by atoms with van der Waals surface area (Å²) in [4.78, 5) is 0. The molecule has 0 aliphatic heterocycles. The second-order valence-corrected chi connectivity index (χ2v) is 6.70. The van der Waals surface area contributed by atoms with Gasteiger partial charge in [-0.3, -0.25) is 0 Å². The molecule has 14 heavy (non-hydrogen) atoms. The number of sulfonamides is 1. The van der Waals surface area contributed by atoms with Crippen molar-refractivity contribution in [3.63, 3.8) is 0 Å². The Morgan fingerprint density at radius 2 is 2.14 bits per heavy atom. The van der Waals surface area contributed by atoms with E-state index in [1.807, 2.05) is 0 Å². The lowest BCUT2D eigenvalue weighted by atomic mass is 9.92. The van der Waals surface area contributed by atoms with Gasteiger partial charge in [-0.05, 0) is 24.7 Å². The molecule has 1 aliphatic carbocycles. The zero-order valence-corrected chi connectivity index (χ0v) is 9.73. The molecular weight excluding hydrogens is 200 g/mol. The Hall–Kier alpha value is -0.130. The van der Waals surface area contributed by atoms with Crippen molar-refractivity contribution in [1.82, 2.24) is 4.72 Å². The molecule has 4 nitrogen and oxygen atoms in total. The Labute approximate surface area is 86.3 Å². The summed E-state index contributed by atoms with van der Waals surface area (Å²) in [5.74, 6) is 0.0317. The maximum absolute atomic E-state index is 11.4. The molecule has 3 N–H and O–H groups in total. The molecule has 1 rings (SSSR count). The van der Waals surface area contributed by atoms with Gasteiger partial charge in [0.1, 0.15) is 0 Å². The smallest absolute Gasteiger partial charge is 0.213 e. The molecule has 1 unspecified atom stereocenters. The first-order valence-electron chi connectivity index (χ1n) is 5.05. The fourth-order valence-electron chi connectivity index (χ4n) is 2.00. The molecule has 0 aromatic heterocycles. The third kappa shape index (κ3) is 3.55. The number of hydrogen-bond donors (Lipinski definition) is 2. The molecule has 0 aromatic rings. The van der Waals surface area contributed by atoms with Gasteiger partial charge in [-0.2, -0.15) is 0 Å². The summed E-state index contributed by atoms with van der Waals surface area (Å²) in [6.45, 7) is 4.53. The van der Waals surface area contributed by atoms with Crippen molar-refractivity contribution in [2.45, 2.75) is 39.2 Å². The standard InChI is InChI=1S/C9H20N2O2S/c1-9(2)4-3-8(7-9)11-14(12,13)6-5-10/h8,11H,3-7,10H2,1-2H3. The van der Waals surface area contributed by atoms with E-state index < -0.39 is 10.0 Å². The van der Waals surface area contributed by atoms with E-state index in [-0.39, 0.29) is 23.8 Å². The minimum Gasteiger partial charge on any atom is -0.329 e. The van der Waals surface area contributed by atoms with Gasteiger partial charge >= 0.3 is 0 Å². The number of hydrogen-bond acceptors (Lipinski definition) is 3. The molecule has 0 amide bonds. The van der Waals surface area contributed by atoms with Crippen molar-refractivity contribution in [3.05, 3.63) is 0 Å². The van der Waals surface area contributed by atoms with E-state index in [0.717, 1.165) is 19.3 Å². The lowest BCUT2D eigenvalue weighted by Gasteiger charge is -2.17. The summed E-state index contributed by atoms with van der Waals surface area (Å²) < 4.78 is 25.5. The summed E-state index contributed by atoms with van der Waals surface area (Å²) in [5, 5.41) is 0. The van der Waals surface area contributed by atoms with Crippen LogP contribution < -0.4 is 10.5 Å². The maximum Gasteiger partial charge on any atom is 0.213 e. The first-order chi connectivity index (χ1) is 6.35. The molecule has 0 bridgehead atoms. The van der Waals surface area contributed by atoms with Crippen LogP contribution in [-0.2, 0) is 10.0 Å². The summed E-state index contributed by atoms with van der Waals surface area (Å²) in [7, 11) is -3.14. The van der Waals surface area contributed by atoms with Crippen LogP contribution in [0.2, 0.25) is 0 Å².